The number of halogens is 4. The second-order valence-electron chi connectivity index (χ2n) is 4.56. The van der Waals surface area contributed by atoms with Crippen LogP contribution < -0.4 is 5.43 Å². The van der Waals surface area contributed by atoms with Gasteiger partial charge in [0.1, 0.15) is 18.1 Å². The van der Waals surface area contributed by atoms with E-state index >= 15 is 0 Å². The van der Waals surface area contributed by atoms with Crippen molar-refractivity contribution < 1.29 is 27.9 Å². The fraction of sp³-hybridized carbons (Fsp3) is 0.214. The molecule has 0 bridgehead atoms. The van der Waals surface area contributed by atoms with Crippen molar-refractivity contribution >= 4 is 38.6 Å². The Morgan fingerprint density at radius 2 is 1.96 bits per heavy atom. The van der Waals surface area contributed by atoms with E-state index in [1.807, 2.05) is 0 Å². The summed E-state index contributed by atoms with van der Waals surface area (Å²) in [6, 6.07) is 0.595. The molecule has 1 aromatic heterocycles. The van der Waals surface area contributed by atoms with Crippen molar-refractivity contribution in [2.75, 3.05) is 12.0 Å². The molecule has 9 heteroatoms. The molecule has 0 atom stereocenters. The first-order chi connectivity index (χ1) is 10.8. The lowest BCUT2D eigenvalue weighted by Crippen LogP contribution is -2.22. The predicted molar refractivity (Wildman–Crippen MR) is 79.2 cm³/mol. The van der Waals surface area contributed by atoms with Crippen LogP contribution in [0.25, 0.3) is 10.9 Å². The minimum Gasteiger partial charge on any atom is -0.477 e. The highest BCUT2D eigenvalue weighted by Gasteiger charge is 2.24. The van der Waals surface area contributed by atoms with Crippen LogP contribution in [0.3, 0.4) is 0 Å². The van der Waals surface area contributed by atoms with Gasteiger partial charge in [-0.15, -0.1) is 0 Å². The Morgan fingerprint density at radius 3 is 2.48 bits per heavy atom. The van der Waals surface area contributed by atoms with Gasteiger partial charge in [-0.05, 0) is 6.07 Å². The number of pyridine rings is 1. The van der Waals surface area contributed by atoms with Gasteiger partial charge in [0, 0.05) is 6.20 Å². The summed E-state index contributed by atoms with van der Waals surface area (Å²) in [5, 5.41) is 8.06. The maximum Gasteiger partial charge on any atom is 0.341 e. The number of alkyl halides is 2. The number of ketones is 1. The maximum atomic E-state index is 14.6. The molecule has 2 rings (SSSR count). The molecule has 5 nitrogen and oxygen atoms in total. The third-order valence-electron chi connectivity index (χ3n) is 3.21. The zero-order valence-electron chi connectivity index (χ0n) is 11.4. The Labute approximate surface area is 135 Å². The van der Waals surface area contributed by atoms with Crippen molar-refractivity contribution in [1.29, 1.82) is 0 Å². The fourth-order valence-electron chi connectivity index (χ4n) is 2.23. The molecule has 0 aliphatic heterocycles. The van der Waals surface area contributed by atoms with Crippen molar-refractivity contribution in [2.45, 2.75) is 6.54 Å². The number of hydrogen-bond acceptors (Lipinski definition) is 3. The van der Waals surface area contributed by atoms with Crippen LogP contribution in [0.1, 0.15) is 20.7 Å². The molecule has 1 aromatic carbocycles. The van der Waals surface area contributed by atoms with Crippen molar-refractivity contribution in [2.24, 2.45) is 0 Å². The zero-order chi connectivity index (χ0) is 17.3. The van der Waals surface area contributed by atoms with Crippen LogP contribution in [-0.4, -0.2) is 33.4 Å². The Hall–Kier alpha value is -2.16. The summed E-state index contributed by atoms with van der Waals surface area (Å²) in [6.45, 7) is -1.43. The SMILES string of the molecule is O=C(CBr)c1c(F)cc2c(=O)c(C(=O)O)cn(CCF)c2c1F. The average molecular weight is 392 g/mol. The summed E-state index contributed by atoms with van der Waals surface area (Å²) in [7, 11) is 0. The van der Waals surface area contributed by atoms with Crippen LogP contribution in [-0.2, 0) is 6.54 Å². The van der Waals surface area contributed by atoms with Crippen LogP contribution in [0, 0.1) is 11.6 Å². The van der Waals surface area contributed by atoms with Gasteiger partial charge >= 0.3 is 5.97 Å². The van der Waals surface area contributed by atoms with Crippen molar-refractivity contribution in [3.8, 4) is 0 Å². The highest BCUT2D eigenvalue weighted by Crippen LogP contribution is 2.24. The molecule has 0 fully saturated rings. The number of carboxylic acid groups (broad SMARTS) is 1. The molecule has 0 amide bonds. The number of hydrogen-bond donors (Lipinski definition) is 1. The van der Waals surface area contributed by atoms with Gasteiger partial charge < -0.3 is 9.67 Å². The van der Waals surface area contributed by atoms with E-state index in [9.17, 15) is 27.6 Å². The number of carbonyl (C=O) groups is 2. The van der Waals surface area contributed by atoms with Gasteiger partial charge in [-0.1, -0.05) is 15.9 Å². The smallest absolute Gasteiger partial charge is 0.341 e. The molecule has 0 spiro atoms. The van der Waals surface area contributed by atoms with E-state index in [0.717, 1.165) is 10.8 Å². The number of rotatable bonds is 5. The number of aromatic carboxylic acids is 1. The summed E-state index contributed by atoms with van der Waals surface area (Å²) >= 11 is 2.79. The van der Waals surface area contributed by atoms with Gasteiger partial charge in [-0.3, -0.25) is 9.59 Å². The number of aromatic nitrogens is 1. The van der Waals surface area contributed by atoms with Gasteiger partial charge in [0.25, 0.3) is 0 Å². The monoisotopic (exact) mass is 391 g/mol. The van der Waals surface area contributed by atoms with Crippen LogP contribution >= 0.6 is 15.9 Å². The summed E-state index contributed by atoms with van der Waals surface area (Å²) in [5.41, 5.74) is -3.24. The van der Waals surface area contributed by atoms with Crippen molar-refractivity contribution in [3.05, 3.63) is 45.2 Å². The fourth-order valence-corrected chi connectivity index (χ4v) is 2.51. The molecular weight excluding hydrogens is 383 g/mol. The first kappa shape index (κ1) is 17.2. The summed E-state index contributed by atoms with van der Waals surface area (Å²) in [5.74, 6) is -5.12. The first-order valence-electron chi connectivity index (χ1n) is 6.27. The lowest BCUT2D eigenvalue weighted by molar-refractivity contribution is 0.0694. The largest absolute Gasteiger partial charge is 0.477 e. The van der Waals surface area contributed by atoms with Gasteiger partial charge in [0.15, 0.2) is 11.6 Å². The average Bonchev–Trinajstić information content (AvgIpc) is 2.49. The summed E-state index contributed by atoms with van der Waals surface area (Å²) in [4.78, 5) is 34.8. The standard InChI is InChI=1S/C14H9BrF3NO4/c15-4-9(20)10-8(17)3-6-12(11(10)18)19(2-1-16)5-7(13(6)21)14(22)23/h3,5H,1-2,4H2,(H,22,23). The molecule has 0 unspecified atom stereocenters. The predicted octanol–water partition coefficient (Wildman–Crippen LogP) is 2.53. The Morgan fingerprint density at radius 1 is 1.30 bits per heavy atom. The molecule has 0 aliphatic rings. The molecule has 0 radical (unpaired) electrons. The van der Waals surface area contributed by atoms with E-state index in [-0.39, 0.29) is 5.33 Å². The molecule has 1 heterocycles. The molecule has 0 saturated carbocycles. The number of nitrogens with zero attached hydrogens (tertiary/aromatic N) is 1. The van der Waals surface area contributed by atoms with E-state index in [2.05, 4.69) is 15.9 Å². The highest BCUT2D eigenvalue weighted by molar-refractivity contribution is 9.09. The van der Waals surface area contributed by atoms with Gasteiger partial charge in [-0.2, -0.15) is 0 Å². The molecule has 0 aliphatic carbocycles. The van der Waals surface area contributed by atoms with E-state index < -0.39 is 64.1 Å². The Balaban J connectivity index is 3.01. The molecule has 1 N–H and O–H groups in total. The minimum absolute atomic E-state index is 0.354. The second-order valence-corrected chi connectivity index (χ2v) is 5.12. The number of carboxylic acids is 1. The topological polar surface area (TPSA) is 76.4 Å². The van der Waals surface area contributed by atoms with E-state index in [4.69, 9.17) is 5.11 Å². The van der Waals surface area contributed by atoms with Crippen LogP contribution in [0.2, 0.25) is 0 Å². The number of aryl methyl sites for hydroxylation is 1. The summed E-state index contributed by atoms with van der Waals surface area (Å²) in [6.07, 6.45) is 0.774. The minimum atomic E-state index is -1.61. The summed E-state index contributed by atoms with van der Waals surface area (Å²) < 4.78 is 42.1. The third-order valence-corrected chi connectivity index (χ3v) is 3.72. The number of Topliss-reactive ketones (excluding diaryl/α,β-unsaturated/α-hetero) is 1. The molecule has 23 heavy (non-hydrogen) atoms. The highest BCUT2D eigenvalue weighted by atomic mass is 79.9. The number of benzene rings is 1. The maximum absolute atomic E-state index is 14.6. The number of fused-ring (bicyclic) bond motifs is 1. The third kappa shape index (κ3) is 2.88. The van der Waals surface area contributed by atoms with Gasteiger partial charge in [0.2, 0.25) is 5.43 Å². The van der Waals surface area contributed by atoms with Crippen molar-refractivity contribution in [1.82, 2.24) is 4.57 Å². The van der Waals surface area contributed by atoms with Crippen LogP contribution in [0.5, 0.6) is 0 Å². The number of carbonyl (C=O) groups excluding carboxylic acids is 1. The Bertz CT molecular complexity index is 879. The second kappa shape index (κ2) is 6.53. The quantitative estimate of drug-likeness (QED) is 0.627. The normalized spacial score (nSPS) is 11.0. The van der Waals surface area contributed by atoms with Crippen LogP contribution in [0.4, 0.5) is 13.2 Å². The van der Waals surface area contributed by atoms with Gasteiger partial charge in [-0.25, -0.2) is 18.0 Å². The van der Waals surface area contributed by atoms with Gasteiger partial charge in [0.05, 0.1) is 28.3 Å². The lowest BCUT2D eigenvalue weighted by Gasteiger charge is -2.13. The van der Waals surface area contributed by atoms with Crippen LogP contribution in [0.15, 0.2) is 17.1 Å². The molecule has 122 valence electrons. The first-order valence-corrected chi connectivity index (χ1v) is 7.39. The molecule has 2 aromatic rings. The lowest BCUT2D eigenvalue weighted by atomic mass is 10.0. The molecular formula is C14H9BrF3NO4. The molecule has 0 saturated heterocycles. The van der Waals surface area contributed by atoms with Crippen molar-refractivity contribution in [3.63, 3.8) is 0 Å². The zero-order valence-corrected chi connectivity index (χ0v) is 13.0. The Kier molecular flexibility index (Phi) is 4.88. The van der Waals surface area contributed by atoms with E-state index in [0.29, 0.717) is 6.07 Å². The van der Waals surface area contributed by atoms with E-state index in [1.165, 1.54) is 0 Å². The van der Waals surface area contributed by atoms with E-state index in [1.54, 1.807) is 0 Å².